The second-order valence-corrected chi connectivity index (χ2v) is 4.27. The van der Waals surface area contributed by atoms with E-state index in [1.807, 2.05) is 18.2 Å². The summed E-state index contributed by atoms with van der Waals surface area (Å²) in [5.74, 6) is 1.58. The maximum absolute atomic E-state index is 6.05. The molecule has 1 aromatic carbocycles. The highest BCUT2D eigenvalue weighted by Gasteiger charge is 2.16. The Hall–Kier alpha value is -1.94. The molecule has 1 aliphatic rings. The van der Waals surface area contributed by atoms with Crippen molar-refractivity contribution in [2.45, 2.75) is 6.54 Å². The predicted molar refractivity (Wildman–Crippen MR) is 69.1 cm³/mol. The highest BCUT2D eigenvalue weighted by atomic mass is 35.5. The minimum atomic E-state index is 0.278. The van der Waals surface area contributed by atoms with Gasteiger partial charge in [0.25, 0.3) is 0 Å². The minimum absolute atomic E-state index is 0.278. The molecule has 0 spiro atoms. The molecule has 0 fully saturated rings. The van der Waals surface area contributed by atoms with Crippen LogP contribution in [0.5, 0.6) is 11.5 Å². The summed E-state index contributed by atoms with van der Waals surface area (Å²) in [4.78, 5) is 4.03. The molecule has 2 aromatic rings. The van der Waals surface area contributed by atoms with Gasteiger partial charge in [-0.2, -0.15) is 0 Å². The largest absolute Gasteiger partial charge is 0.454 e. The number of benzene rings is 1. The summed E-state index contributed by atoms with van der Waals surface area (Å²) in [6, 6.07) is 7.57. The van der Waals surface area contributed by atoms with Gasteiger partial charge in [0.1, 0.15) is 0 Å². The number of pyridine rings is 1. The van der Waals surface area contributed by atoms with Gasteiger partial charge < -0.3 is 14.8 Å². The zero-order valence-corrected chi connectivity index (χ0v) is 10.3. The Balaban J connectivity index is 1.78. The lowest BCUT2D eigenvalue weighted by atomic mass is 10.2. The first-order valence-corrected chi connectivity index (χ1v) is 5.93. The van der Waals surface area contributed by atoms with Gasteiger partial charge in [-0.05, 0) is 12.1 Å². The predicted octanol–water partition coefficient (Wildman–Crippen LogP) is 3.08. The zero-order chi connectivity index (χ0) is 12.4. The Bertz CT molecular complexity index is 575. The van der Waals surface area contributed by atoms with Crippen LogP contribution in [-0.4, -0.2) is 11.8 Å². The second kappa shape index (κ2) is 4.74. The first-order chi connectivity index (χ1) is 8.84. The van der Waals surface area contributed by atoms with Gasteiger partial charge in [-0.25, -0.2) is 0 Å². The highest BCUT2D eigenvalue weighted by molar-refractivity contribution is 6.33. The fraction of sp³-hybridized carbons (Fsp3) is 0.154. The van der Waals surface area contributed by atoms with Crippen molar-refractivity contribution in [1.82, 2.24) is 4.98 Å². The van der Waals surface area contributed by atoms with Crippen molar-refractivity contribution in [3.05, 3.63) is 47.2 Å². The van der Waals surface area contributed by atoms with Crippen LogP contribution >= 0.6 is 11.6 Å². The average Bonchev–Trinajstić information content (AvgIpc) is 2.86. The topological polar surface area (TPSA) is 43.4 Å². The molecule has 1 N–H and O–H groups in total. The molecule has 3 rings (SSSR count). The van der Waals surface area contributed by atoms with E-state index in [1.165, 1.54) is 0 Å². The summed E-state index contributed by atoms with van der Waals surface area (Å²) in [5, 5.41) is 3.88. The molecule has 0 atom stereocenters. The SMILES string of the molecule is Clc1ccncc1NCc1cccc2c1OCO2. The highest BCUT2D eigenvalue weighted by Crippen LogP contribution is 2.35. The number of nitrogens with one attached hydrogen (secondary N) is 1. The van der Waals surface area contributed by atoms with E-state index in [2.05, 4.69) is 10.3 Å². The van der Waals surface area contributed by atoms with E-state index in [0.717, 1.165) is 22.7 Å². The monoisotopic (exact) mass is 262 g/mol. The Labute approximate surface area is 110 Å². The van der Waals surface area contributed by atoms with E-state index in [0.29, 0.717) is 11.6 Å². The number of nitrogens with zero attached hydrogens (tertiary/aromatic N) is 1. The Morgan fingerprint density at radius 2 is 2.22 bits per heavy atom. The zero-order valence-electron chi connectivity index (χ0n) is 9.52. The van der Waals surface area contributed by atoms with Crippen LogP contribution in [0, 0.1) is 0 Å². The molecule has 4 nitrogen and oxygen atoms in total. The van der Waals surface area contributed by atoms with Crippen molar-refractivity contribution in [3.8, 4) is 11.5 Å². The lowest BCUT2D eigenvalue weighted by molar-refractivity contribution is 0.173. The molecular weight excluding hydrogens is 252 g/mol. The normalized spacial score (nSPS) is 12.5. The number of aromatic nitrogens is 1. The van der Waals surface area contributed by atoms with Crippen molar-refractivity contribution >= 4 is 17.3 Å². The van der Waals surface area contributed by atoms with Gasteiger partial charge in [-0.3, -0.25) is 4.98 Å². The standard InChI is InChI=1S/C13H11ClN2O2/c14-10-4-5-15-7-11(10)16-6-9-2-1-3-12-13(9)18-8-17-12/h1-5,7,16H,6,8H2. The van der Waals surface area contributed by atoms with Crippen molar-refractivity contribution in [2.75, 3.05) is 12.1 Å². The number of anilines is 1. The van der Waals surface area contributed by atoms with Crippen LogP contribution in [0.15, 0.2) is 36.7 Å². The quantitative estimate of drug-likeness (QED) is 0.923. The molecule has 18 heavy (non-hydrogen) atoms. The Morgan fingerprint density at radius 3 is 3.11 bits per heavy atom. The van der Waals surface area contributed by atoms with Crippen LogP contribution in [0.1, 0.15) is 5.56 Å². The number of ether oxygens (including phenoxy) is 2. The summed E-state index contributed by atoms with van der Waals surface area (Å²) >= 11 is 6.05. The van der Waals surface area contributed by atoms with Gasteiger partial charge >= 0.3 is 0 Å². The third-order valence-corrected chi connectivity index (χ3v) is 3.04. The van der Waals surface area contributed by atoms with E-state index in [9.17, 15) is 0 Å². The molecule has 92 valence electrons. The maximum atomic E-state index is 6.05. The van der Waals surface area contributed by atoms with Gasteiger partial charge in [0.15, 0.2) is 11.5 Å². The molecule has 0 saturated carbocycles. The molecule has 1 aliphatic heterocycles. The summed E-state index contributed by atoms with van der Waals surface area (Å²) in [6.45, 7) is 0.887. The average molecular weight is 263 g/mol. The maximum Gasteiger partial charge on any atom is 0.231 e. The third-order valence-electron chi connectivity index (χ3n) is 2.72. The smallest absolute Gasteiger partial charge is 0.231 e. The van der Waals surface area contributed by atoms with Crippen LogP contribution in [0.4, 0.5) is 5.69 Å². The number of rotatable bonds is 3. The Morgan fingerprint density at radius 1 is 1.28 bits per heavy atom. The number of fused-ring (bicyclic) bond motifs is 1. The summed E-state index contributed by atoms with van der Waals surface area (Å²) in [5.41, 5.74) is 1.83. The second-order valence-electron chi connectivity index (χ2n) is 3.86. The van der Waals surface area contributed by atoms with Crippen LogP contribution in [0.2, 0.25) is 5.02 Å². The molecule has 0 aliphatic carbocycles. The van der Waals surface area contributed by atoms with Crippen LogP contribution in [0.25, 0.3) is 0 Å². The molecular formula is C13H11ClN2O2. The first kappa shape index (κ1) is 11.2. The molecule has 0 radical (unpaired) electrons. The molecule has 0 saturated heterocycles. The molecule has 1 aromatic heterocycles. The number of halogens is 1. The fourth-order valence-corrected chi connectivity index (χ4v) is 2.00. The van der Waals surface area contributed by atoms with Crippen LogP contribution in [-0.2, 0) is 6.54 Å². The van der Waals surface area contributed by atoms with E-state index in [4.69, 9.17) is 21.1 Å². The van der Waals surface area contributed by atoms with Crippen molar-refractivity contribution in [3.63, 3.8) is 0 Å². The number of para-hydroxylation sites is 1. The van der Waals surface area contributed by atoms with Crippen molar-refractivity contribution in [1.29, 1.82) is 0 Å². The molecule has 0 unspecified atom stereocenters. The first-order valence-electron chi connectivity index (χ1n) is 5.55. The van der Waals surface area contributed by atoms with Crippen molar-refractivity contribution in [2.24, 2.45) is 0 Å². The van der Waals surface area contributed by atoms with Gasteiger partial charge in [0.05, 0.1) is 16.9 Å². The van der Waals surface area contributed by atoms with E-state index >= 15 is 0 Å². The molecule has 5 heteroatoms. The van der Waals surface area contributed by atoms with Gasteiger partial charge in [-0.15, -0.1) is 0 Å². The summed E-state index contributed by atoms with van der Waals surface area (Å²) in [7, 11) is 0. The van der Waals surface area contributed by atoms with Gasteiger partial charge in [-0.1, -0.05) is 23.7 Å². The van der Waals surface area contributed by atoms with E-state index < -0.39 is 0 Å². The third kappa shape index (κ3) is 2.07. The lowest BCUT2D eigenvalue weighted by Crippen LogP contribution is -2.02. The number of hydrogen-bond donors (Lipinski definition) is 1. The summed E-state index contributed by atoms with van der Waals surface area (Å²) < 4.78 is 10.8. The van der Waals surface area contributed by atoms with E-state index in [-0.39, 0.29) is 6.79 Å². The van der Waals surface area contributed by atoms with Crippen molar-refractivity contribution < 1.29 is 9.47 Å². The lowest BCUT2D eigenvalue weighted by Gasteiger charge is -2.09. The van der Waals surface area contributed by atoms with Crippen LogP contribution in [0.3, 0.4) is 0 Å². The molecule has 0 bridgehead atoms. The fourth-order valence-electron chi connectivity index (χ4n) is 1.83. The minimum Gasteiger partial charge on any atom is -0.454 e. The van der Waals surface area contributed by atoms with Gasteiger partial charge in [0, 0.05) is 18.3 Å². The number of hydrogen-bond acceptors (Lipinski definition) is 4. The van der Waals surface area contributed by atoms with E-state index in [1.54, 1.807) is 18.5 Å². The molecule has 0 amide bonds. The van der Waals surface area contributed by atoms with Gasteiger partial charge in [0.2, 0.25) is 6.79 Å². The van der Waals surface area contributed by atoms with Crippen LogP contribution < -0.4 is 14.8 Å². The molecule has 2 heterocycles. The Kier molecular flexibility index (Phi) is 2.94. The summed E-state index contributed by atoms with van der Waals surface area (Å²) in [6.07, 6.45) is 3.35.